The van der Waals surface area contributed by atoms with Gasteiger partial charge in [-0.1, -0.05) is 12.1 Å². The summed E-state index contributed by atoms with van der Waals surface area (Å²) < 4.78 is 5.24. The number of nitrogens with zero attached hydrogens (tertiary/aromatic N) is 3. The van der Waals surface area contributed by atoms with Crippen molar-refractivity contribution in [3.63, 3.8) is 0 Å². The number of hydrogen-bond donors (Lipinski definition) is 1. The molecular formula is C17H18N4O3. The zero-order chi connectivity index (χ0) is 16.9. The molecule has 0 aliphatic carbocycles. The molecule has 3 rings (SSSR count). The Morgan fingerprint density at radius 3 is 2.50 bits per heavy atom. The van der Waals surface area contributed by atoms with E-state index in [-0.39, 0.29) is 11.7 Å². The van der Waals surface area contributed by atoms with Crippen LogP contribution < -0.4 is 5.32 Å². The van der Waals surface area contributed by atoms with Crippen LogP contribution in [0.3, 0.4) is 0 Å². The Morgan fingerprint density at radius 1 is 1.12 bits per heavy atom. The predicted molar refractivity (Wildman–Crippen MR) is 88.5 cm³/mol. The number of nitrogens with one attached hydrogen (secondary N) is 1. The molecule has 1 aromatic carbocycles. The topological polar surface area (TPSA) is 84.4 Å². The molecule has 1 saturated heterocycles. The van der Waals surface area contributed by atoms with Gasteiger partial charge in [0.15, 0.2) is 5.78 Å². The molecule has 1 aliphatic rings. The quantitative estimate of drug-likeness (QED) is 0.864. The highest BCUT2D eigenvalue weighted by Crippen LogP contribution is 2.15. The molecule has 124 valence electrons. The van der Waals surface area contributed by atoms with Crippen LogP contribution in [0.15, 0.2) is 36.7 Å². The van der Waals surface area contributed by atoms with E-state index >= 15 is 0 Å². The first-order valence-corrected chi connectivity index (χ1v) is 7.70. The average molecular weight is 326 g/mol. The van der Waals surface area contributed by atoms with E-state index in [9.17, 15) is 9.59 Å². The third-order valence-corrected chi connectivity index (χ3v) is 3.72. The fourth-order valence-corrected chi connectivity index (χ4v) is 2.40. The van der Waals surface area contributed by atoms with Crippen molar-refractivity contribution in [2.45, 2.75) is 6.92 Å². The fourth-order valence-electron chi connectivity index (χ4n) is 2.40. The summed E-state index contributed by atoms with van der Waals surface area (Å²) in [6.45, 7) is 3.78. The van der Waals surface area contributed by atoms with Crippen LogP contribution in [0, 0.1) is 0 Å². The Labute approximate surface area is 139 Å². The maximum Gasteiger partial charge on any atom is 0.257 e. The minimum absolute atomic E-state index is 0.00831. The van der Waals surface area contributed by atoms with Crippen molar-refractivity contribution in [3.8, 4) is 0 Å². The number of morpholine rings is 1. The maximum atomic E-state index is 12.3. The van der Waals surface area contributed by atoms with Crippen molar-refractivity contribution in [3.05, 3.63) is 47.8 Å². The van der Waals surface area contributed by atoms with Gasteiger partial charge in [-0.3, -0.25) is 9.59 Å². The lowest BCUT2D eigenvalue weighted by molar-refractivity contribution is 0.0302. The number of rotatable bonds is 4. The summed E-state index contributed by atoms with van der Waals surface area (Å²) in [7, 11) is 0. The van der Waals surface area contributed by atoms with Gasteiger partial charge in [0.25, 0.3) is 5.91 Å². The Morgan fingerprint density at radius 2 is 1.83 bits per heavy atom. The zero-order valence-corrected chi connectivity index (χ0v) is 13.4. The van der Waals surface area contributed by atoms with Gasteiger partial charge in [0, 0.05) is 36.7 Å². The van der Waals surface area contributed by atoms with Crippen LogP contribution in [0.25, 0.3) is 0 Å². The van der Waals surface area contributed by atoms with E-state index in [0.717, 1.165) is 5.69 Å². The van der Waals surface area contributed by atoms with E-state index in [4.69, 9.17) is 4.74 Å². The number of Topliss-reactive ketones (excluding diaryl/α,β-unsaturated/α-hetero) is 1. The molecule has 7 nitrogen and oxygen atoms in total. The van der Waals surface area contributed by atoms with Crippen molar-refractivity contribution >= 4 is 23.3 Å². The zero-order valence-electron chi connectivity index (χ0n) is 13.4. The summed E-state index contributed by atoms with van der Waals surface area (Å²) in [4.78, 5) is 33.8. The molecule has 0 atom stereocenters. The standard InChI is InChI=1S/C17H18N4O3/c1-12(22)13-3-2-4-15(9-13)20-17-18-10-14(11-19-17)16(23)21-5-7-24-8-6-21/h2-4,9-11H,5-8H2,1H3,(H,18,19,20). The second kappa shape index (κ2) is 7.18. The lowest BCUT2D eigenvalue weighted by atomic mass is 10.1. The first-order chi connectivity index (χ1) is 11.6. The van der Waals surface area contributed by atoms with Crippen LogP contribution in [0.1, 0.15) is 27.6 Å². The number of ether oxygens (including phenoxy) is 1. The minimum Gasteiger partial charge on any atom is -0.378 e. The smallest absolute Gasteiger partial charge is 0.257 e. The first-order valence-electron chi connectivity index (χ1n) is 7.70. The predicted octanol–water partition coefficient (Wildman–Crippen LogP) is 1.90. The number of anilines is 2. The largest absolute Gasteiger partial charge is 0.378 e. The van der Waals surface area contributed by atoms with Gasteiger partial charge in [-0.25, -0.2) is 9.97 Å². The van der Waals surface area contributed by atoms with Crippen LogP contribution in [-0.4, -0.2) is 52.9 Å². The molecule has 2 aromatic rings. The molecule has 1 amide bonds. The van der Waals surface area contributed by atoms with E-state index in [1.807, 2.05) is 6.07 Å². The molecule has 1 aromatic heterocycles. The van der Waals surface area contributed by atoms with Crippen LogP contribution >= 0.6 is 0 Å². The van der Waals surface area contributed by atoms with Gasteiger partial charge in [-0.05, 0) is 19.1 Å². The summed E-state index contributed by atoms with van der Waals surface area (Å²) in [5.41, 5.74) is 1.77. The lowest BCUT2D eigenvalue weighted by Crippen LogP contribution is -2.40. The third kappa shape index (κ3) is 3.75. The van der Waals surface area contributed by atoms with Crippen molar-refractivity contribution < 1.29 is 14.3 Å². The van der Waals surface area contributed by atoms with Gasteiger partial charge in [-0.2, -0.15) is 0 Å². The van der Waals surface area contributed by atoms with Crippen LogP contribution in [-0.2, 0) is 4.74 Å². The minimum atomic E-state index is -0.0940. The van der Waals surface area contributed by atoms with E-state index in [2.05, 4.69) is 15.3 Å². The number of benzene rings is 1. The molecule has 0 radical (unpaired) electrons. The average Bonchev–Trinajstić information content (AvgIpc) is 2.63. The monoisotopic (exact) mass is 326 g/mol. The Bertz CT molecular complexity index is 740. The number of ketones is 1. The summed E-state index contributed by atoms with van der Waals surface area (Å²) in [6, 6.07) is 7.09. The molecule has 0 bridgehead atoms. The second-order valence-electron chi connectivity index (χ2n) is 5.46. The number of amides is 1. The molecule has 0 saturated carbocycles. The summed E-state index contributed by atoms with van der Waals surface area (Å²) in [5, 5.41) is 3.03. The van der Waals surface area contributed by atoms with E-state index in [1.54, 1.807) is 23.1 Å². The normalized spacial score (nSPS) is 14.3. The van der Waals surface area contributed by atoms with E-state index < -0.39 is 0 Å². The Kier molecular flexibility index (Phi) is 4.81. The molecule has 24 heavy (non-hydrogen) atoms. The molecule has 1 aliphatic heterocycles. The van der Waals surface area contributed by atoms with Crippen LogP contribution in [0.5, 0.6) is 0 Å². The van der Waals surface area contributed by atoms with Crippen LogP contribution in [0.4, 0.5) is 11.6 Å². The molecule has 1 N–H and O–H groups in total. The summed E-state index contributed by atoms with van der Waals surface area (Å²) in [6.07, 6.45) is 3.00. The first kappa shape index (κ1) is 16.1. The maximum absolute atomic E-state index is 12.3. The molecular weight excluding hydrogens is 308 g/mol. The van der Waals surface area contributed by atoms with E-state index in [0.29, 0.717) is 43.4 Å². The van der Waals surface area contributed by atoms with Gasteiger partial charge in [0.2, 0.25) is 5.95 Å². The Balaban J connectivity index is 1.69. The van der Waals surface area contributed by atoms with Gasteiger partial charge in [0.1, 0.15) is 0 Å². The number of carbonyl (C=O) groups is 2. The van der Waals surface area contributed by atoms with Gasteiger partial charge in [0.05, 0.1) is 18.8 Å². The highest BCUT2D eigenvalue weighted by atomic mass is 16.5. The molecule has 7 heteroatoms. The summed E-state index contributed by atoms with van der Waals surface area (Å²) in [5.74, 6) is 0.267. The van der Waals surface area contributed by atoms with Gasteiger partial charge < -0.3 is 15.0 Å². The van der Waals surface area contributed by atoms with Crippen molar-refractivity contribution in [1.82, 2.24) is 14.9 Å². The van der Waals surface area contributed by atoms with Crippen molar-refractivity contribution in [2.24, 2.45) is 0 Å². The van der Waals surface area contributed by atoms with Crippen LogP contribution in [0.2, 0.25) is 0 Å². The summed E-state index contributed by atoms with van der Waals surface area (Å²) >= 11 is 0. The number of aromatic nitrogens is 2. The molecule has 2 heterocycles. The van der Waals surface area contributed by atoms with Crippen molar-refractivity contribution in [1.29, 1.82) is 0 Å². The Hall–Kier alpha value is -2.80. The van der Waals surface area contributed by atoms with Gasteiger partial charge >= 0.3 is 0 Å². The lowest BCUT2D eigenvalue weighted by Gasteiger charge is -2.26. The van der Waals surface area contributed by atoms with Crippen molar-refractivity contribution in [2.75, 3.05) is 31.6 Å². The highest BCUT2D eigenvalue weighted by molar-refractivity contribution is 5.95. The molecule has 1 fully saturated rings. The SMILES string of the molecule is CC(=O)c1cccc(Nc2ncc(C(=O)N3CCOCC3)cn2)c1. The molecule has 0 spiro atoms. The second-order valence-corrected chi connectivity index (χ2v) is 5.46. The number of hydrogen-bond acceptors (Lipinski definition) is 6. The molecule has 0 unspecified atom stereocenters. The fraction of sp³-hybridized carbons (Fsp3) is 0.294. The van der Waals surface area contributed by atoms with Gasteiger partial charge in [-0.15, -0.1) is 0 Å². The highest BCUT2D eigenvalue weighted by Gasteiger charge is 2.19. The third-order valence-electron chi connectivity index (χ3n) is 3.72. The number of carbonyl (C=O) groups excluding carboxylic acids is 2. The van der Waals surface area contributed by atoms with E-state index in [1.165, 1.54) is 19.3 Å².